The van der Waals surface area contributed by atoms with E-state index in [9.17, 15) is 4.79 Å². The minimum Gasteiger partial charge on any atom is -0.478 e. The van der Waals surface area contributed by atoms with Crippen molar-refractivity contribution in [2.24, 2.45) is 0 Å². The molecule has 0 aliphatic heterocycles. The molecule has 0 bridgehead atoms. The fraction of sp³-hybridized carbons (Fsp3) is 0.0833. The van der Waals surface area contributed by atoms with Crippen LogP contribution in [0.4, 0.5) is 0 Å². The maximum absolute atomic E-state index is 10.7. The maximum Gasteiger partial charge on any atom is 0.335 e. The number of aliphatic carboxylic acids is 1. The van der Waals surface area contributed by atoms with Crippen LogP contribution in [0.2, 0.25) is 0 Å². The summed E-state index contributed by atoms with van der Waals surface area (Å²) in [6.45, 7) is -0.277. The highest BCUT2D eigenvalue weighted by molar-refractivity contribution is 5.91. The Balaban J connectivity index is 2.80. The van der Waals surface area contributed by atoms with Crippen LogP contribution >= 0.6 is 0 Å². The lowest BCUT2D eigenvalue weighted by atomic mass is 10.1. The number of hydrogen-bond acceptors (Lipinski definition) is 2. The summed E-state index contributed by atoms with van der Waals surface area (Å²) in [5.74, 6) is -1.05. The second-order valence-corrected chi connectivity index (χ2v) is 2.89. The van der Waals surface area contributed by atoms with Crippen LogP contribution < -0.4 is 0 Å². The van der Waals surface area contributed by atoms with E-state index in [1.165, 1.54) is 12.2 Å². The Morgan fingerprint density at radius 1 is 1.27 bits per heavy atom. The average Bonchev–Trinajstić information content (AvgIpc) is 2.25. The molecular weight excluding hydrogens is 192 g/mol. The van der Waals surface area contributed by atoms with Crippen LogP contribution in [0, 0.1) is 0 Å². The number of carboxylic acids is 1. The second-order valence-electron chi connectivity index (χ2n) is 2.89. The van der Waals surface area contributed by atoms with E-state index < -0.39 is 5.97 Å². The number of carboxylic acid groups (broad SMARTS) is 1. The topological polar surface area (TPSA) is 57.5 Å². The number of aliphatic hydroxyl groups excluding tert-OH is 1. The van der Waals surface area contributed by atoms with Gasteiger partial charge in [-0.1, -0.05) is 36.4 Å². The lowest BCUT2D eigenvalue weighted by Crippen LogP contribution is -1.98. The van der Waals surface area contributed by atoms with Gasteiger partial charge in [0.1, 0.15) is 0 Å². The molecule has 2 N–H and O–H groups in total. The maximum atomic E-state index is 10.7. The molecule has 3 nitrogen and oxygen atoms in total. The van der Waals surface area contributed by atoms with Gasteiger partial charge in [-0.2, -0.15) is 0 Å². The summed E-state index contributed by atoms with van der Waals surface area (Å²) in [5, 5.41) is 17.4. The predicted octanol–water partition coefficient (Wildman–Crippen LogP) is 1.70. The van der Waals surface area contributed by atoms with Crippen molar-refractivity contribution in [2.75, 3.05) is 6.61 Å². The van der Waals surface area contributed by atoms with Gasteiger partial charge in [-0.3, -0.25) is 0 Å². The Kier molecular flexibility index (Phi) is 4.31. The minimum absolute atomic E-state index is 0.0846. The van der Waals surface area contributed by atoms with Crippen molar-refractivity contribution in [1.29, 1.82) is 0 Å². The van der Waals surface area contributed by atoms with Crippen molar-refractivity contribution in [3.05, 3.63) is 53.6 Å². The zero-order valence-corrected chi connectivity index (χ0v) is 8.13. The van der Waals surface area contributed by atoms with Gasteiger partial charge >= 0.3 is 5.97 Å². The van der Waals surface area contributed by atoms with E-state index in [2.05, 4.69) is 0 Å². The molecule has 0 aliphatic carbocycles. The fourth-order valence-corrected chi connectivity index (χ4v) is 1.08. The van der Waals surface area contributed by atoms with Gasteiger partial charge in [0, 0.05) is 0 Å². The van der Waals surface area contributed by atoms with Crippen molar-refractivity contribution in [1.82, 2.24) is 0 Å². The van der Waals surface area contributed by atoms with Crippen LogP contribution in [0.25, 0.3) is 6.08 Å². The van der Waals surface area contributed by atoms with E-state index in [4.69, 9.17) is 10.2 Å². The smallest absolute Gasteiger partial charge is 0.335 e. The number of carbonyl (C=O) groups is 1. The van der Waals surface area contributed by atoms with Crippen LogP contribution in [-0.4, -0.2) is 22.8 Å². The third kappa shape index (κ3) is 3.79. The number of aliphatic hydroxyl groups is 1. The minimum atomic E-state index is -1.05. The number of benzene rings is 1. The van der Waals surface area contributed by atoms with Crippen molar-refractivity contribution in [3.8, 4) is 0 Å². The van der Waals surface area contributed by atoms with Crippen molar-refractivity contribution in [2.45, 2.75) is 0 Å². The lowest BCUT2D eigenvalue weighted by molar-refractivity contribution is -0.132. The van der Waals surface area contributed by atoms with E-state index in [-0.39, 0.29) is 12.2 Å². The summed E-state index contributed by atoms with van der Waals surface area (Å²) in [5.41, 5.74) is 1.00. The van der Waals surface area contributed by atoms with Gasteiger partial charge < -0.3 is 10.2 Å². The third-order valence-corrected chi connectivity index (χ3v) is 1.81. The van der Waals surface area contributed by atoms with Gasteiger partial charge in [0.2, 0.25) is 0 Å². The molecule has 0 spiro atoms. The standard InChI is InChI=1S/C12H12O3/c13-9-8-11(12(14)15)7-6-10-4-2-1-3-5-10/h1-8,13H,9H2,(H,14,15). The van der Waals surface area contributed by atoms with Crippen LogP contribution in [0.15, 0.2) is 48.1 Å². The molecule has 0 atom stereocenters. The number of rotatable bonds is 4. The Morgan fingerprint density at radius 2 is 1.93 bits per heavy atom. The molecule has 0 radical (unpaired) electrons. The van der Waals surface area contributed by atoms with E-state index in [1.54, 1.807) is 6.08 Å². The van der Waals surface area contributed by atoms with Crippen LogP contribution in [0.1, 0.15) is 5.56 Å². The first kappa shape index (κ1) is 11.2. The Morgan fingerprint density at radius 3 is 2.47 bits per heavy atom. The monoisotopic (exact) mass is 204 g/mol. The van der Waals surface area contributed by atoms with Crippen LogP contribution in [-0.2, 0) is 4.79 Å². The summed E-state index contributed by atoms with van der Waals surface area (Å²) in [4.78, 5) is 10.7. The predicted molar refractivity (Wildman–Crippen MR) is 58.3 cm³/mol. The molecule has 0 aromatic heterocycles. The van der Waals surface area contributed by atoms with E-state index in [0.717, 1.165) is 5.56 Å². The normalized spacial score (nSPS) is 11.9. The Bertz CT molecular complexity index is 377. The summed E-state index contributed by atoms with van der Waals surface area (Å²) in [6.07, 6.45) is 4.41. The molecular formula is C12H12O3. The second kappa shape index (κ2) is 5.78. The van der Waals surface area contributed by atoms with Gasteiger partial charge in [0.05, 0.1) is 12.2 Å². The van der Waals surface area contributed by atoms with E-state index >= 15 is 0 Å². The van der Waals surface area contributed by atoms with E-state index in [0.29, 0.717) is 0 Å². The molecule has 0 saturated heterocycles. The van der Waals surface area contributed by atoms with Crippen molar-refractivity contribution >= 4 is 12.0 Å². The van der Waals surface area contributed by atoms with Crippen LogP contribution in [0.5, 0.6) is 0 Å². The van der Waals surface area contributed by atoms with Crippen molar-refractivity contribution in [3.63, 3.8) is 0 Å². The van der Waals surface area contributed by atoms with Gasteiger partial charge in [0.25, 0.3) is 0 Å². The molecule has 0 saturated carbocycles. The molecule has 3 heteroatoms. The van der Waals surface area contributed by atoms with Crippen molar-refractivity contribution < 1.29 is 15.0 Å². The molecule has 0 unspecified atom stereocenters. The highest BCUT2D eigenvalue weighted by Crippen LogP contribution is 2.05. The van der Waals surface area contributed by atoms with Gasteiger partial charge in [-0.05, 0) is 17.7 Å². The number of hydrogen-bond donors (Lipinski definition) is 2. The Hall–Kier alpha value is -1.87. The molecule has 0 aliphatic rings. The molecule has 1 aromatic rings. The molecule has 15 heavy (non-hydrogen) atoms. The first-order valence-electron chi connectivity index (χ1n) is 4.51. The zero-order valence-electron chi connectivity index (χ0n) is 8.13. The molecule has 1 aromatic carbocycles. The molecule has 0 fully saturated rings. The largest absolute Gasteiger partial charge is 0.478 e. The van der Waals surface area contributed by atoms with Gasteiger partial charge in [-0.15, -0.1) is 0 Å². The third-order valence-electron chi connectivity index (χ3n) is 1.81. The SMILES string of the molecule is O=C(O)C(C=Cc1ccccc1)=CCO. The summed E-state index contributed by atoms with van der Waals surface area (Å²) in [6, 6.07) is 9.37. The lowest BCUT2D eigenvalue weighted by Gasteiger charge is -1.94. The molecule has 0 heterocycles. The highest BCUT2D eigenvalue weighted by atomic mass is 16.4. The fourth-order valence-electron chi connectivity index (χ4n) is 1.08. The first-order valence-corrected chi connectivity index (χ1v) is 4.51. The molecule has 0 amide bonds. The first-order chi connectivity index (χ1) is 7.24. The summed E-state index contributed by atoms with van der Waals surface area (Å²) < 4.78 is 0. The average molecular weight is 204 g/mol. The summed E-state index contributed by atoms with van der Waals surface area (Å²) in [7, 11) is 0. The highest BCUT2D eigenvalue weighted by Gasteiger charge is 2.00. The summed E-state index contributed by atoms with van der Waals surface area (Å²) >= 11 is 0. The Labute approximate surface area is 88.0 Å². The molecule has 78 valence electrons. The quantitative estimate of drug-likeness (QED) is 0.579. The zero-order chi connectivity index (χ0) is 11.1. The van der Waals surface area contributed by atoms with Gasteiger partial charge in [0.15, 0.2) is 0 Å². The molecule has 1 rings (SSSR count). The van der Waals surface area contributed by atoms with E-state index in [1.807, 2.05) is 30.3 Å². The van der Waals surface area contributed by atoms with Crippen LogP contribution in [0.3, 0.4) is 0 Å². The van der Waals surface area contributed by atoms with Gasteiger partial charge in [-0.25, -0.2) is 4.79 Å².